The maximum absolute atomic E-state index is 5.61. The first-order valence-electron chi connectivity index (χ1n) is 6.08. The largest absolute Gasteiger partial charge is 0.494 e. The SMILES string of the molecule is Cc1c(CN)nnn1CCCOc1ccccc1. The van der Waals surface area contributed by atoms with E-state index in [1.54, 1.807) is 0 Å². The number of hydrogen-bond donors (Lipinski definition) is 1. The maximum atomic E-state index is 5.61. The van der Waals surface area contributed by atoms with E-state index in [0.29, 0.717) is 13.2 Å². The third-order valence-corrected chi connectivity index (χ3v) is 2.80. The van der Waals surface area contributed by atoms with Crippen molar-refractivity contribution < 1.29 is 4.74 Å². The molecule has 1 aromatic heterocycles. The predicted molar refractivity (Wildman–Crippen MR) is 69.2 cm³/mol. The van der Waals surface area contributed by atoms with Gasteiger partial charge in [-0.05, 0) is 19.1 Å². The highest BCUT2D eigenvalue weighted by Gasteiger charge is 2.05. The van der Waals surface area contributed by atoms with Gasteiger partial charge in [-0.2, -0.15) is 0 Å². The van der Waals surface area contributed by atoms with Crippen LogP contribution in [0.5, 0.6) is 5.75 Å². The zero-order valence-electron chi connectivity index (χ0n) is 10.5. The van der Waals surface area contributed by atoms with Crippen molar-refractivity contribution in [3.63, 3.8) is 0 Å². The first kappa shape index (κ1) is 12.6. The lowest BCUT2D eigenvalue weighted by Gasteiger charge is -2.06. The average molecular weight is 246 g/mol. The lowest BCUT2D eigenvalue weighted by molar-refractivity contribution is 0.297. The fourth-order valence-electron chi connectivity index (χ4n) is 1.72. The van der Waals surface area contributed by atoms with Gasteiger partial charge in [0.15, 0.2) is 0 Å². The molecule has 1 aromatic carbocycles. The maximum Gasteiger partial charge on any atom is 0.119 e. The van der Waals surface area contributed by atoms with Gasteiger partial charge in [0.2, 0.25) is 0 Å². The number of nitrogens with two attached hydrogens (primary N) is 1. The van der Waals surface area contributed by atoms with Crippen molar-refractivity contribution in [2.24, 2.45) is 5.73 Å². The van der Waals surface area contributed by atoms with Crippen molar-refractivity contribution in [3.8, 4) is 5.75 Å². The van der Waals surface area contributed by atoms with Crippen LogP contribution in [0.25, 0.3) is 0 Å². The minimum Gasteiger partial charge on any atom is -0.494 e. The minimum absolute atomic E-state index is 0.437. The summed E-state index contributed by atoms with van der Waals surface area (Å²) in [5.74, 6) is 0.899. The van der Waals surface area contributed by atoms with E-state index in [1.165, 1.54) is 0 Å². The summed E-state index contributed by atoms with van der Waals surface area (Å²) in [5.41, 5.74) is 7.45. The van der Waals surface area contributed by atoms with Gasteiger partial charge in [-0.25, -0.2) is 4.68 Å². The van der Waals surface area contributed by atoms with Crippen LogP contribution in [0, 0.1) is 6.92 Å². The van der Waals surface area contributed by atoms with E-state index >= 15 is 0 Å². The summed E-state index contributed by atoms with van der Waals surface area (Å²) in [5, 5.41) is 8.08. The molecule has 2 aromatic rings. The topological polar surface area (TPSA) is 66.0 Å². The normalized spacial score (nSPS) is 10.6. The molecule has 2 rings (SSSR count). The zero-order chi connectivity index (χ0) is 12.8. The Kier molecular flexibility index (Phi) is 4.30. The number of benzene rings is 1. The van der Waals surface area contributed by atoms with Crippen molar-refractivity contribution in [1.82, 2.24) is 15.0 Å². The van der Waals surface area contributed by atoms with E-state index in [0.717, 1.165) is 30.1 Å². The minimum atomic E-state index is 0.437. The quantitative estimate of drug-likeness (QED) is 0.785. The van der Waals surface area contributed by atoms with Crippen LogP contribution in [0.3, 0.4) is 0 Å². The number of ether oxygens (including phenoxy) is 1. The molecular formula is C13H18N4O. The molecule has 5 heteroatoms. The summed E-state index contributed by atoms with van der Waals surface area (Å²) >= 11 is 0. The van der Waals surface area contributed by atoms with Crippen molar-refractivity contribution in [2.45, 2.75) is 26.4 Å². The molecule has 0 saturated heterocycles. The van der Waals surface area contributed by atoms with Gasteiger partial charge >= 0.3 is 0 Å². The Balaban J connectivity index is 1.77. The molecule has 96 valence electrons. The van der Waals surface area contributed by atoms with Crippen molar-refractivity contribution in [3.05, 3.63) is 41.7 Å². The number of para-hydroxylation sites is 1. The van der Waals surface area contributed by atoms with Crippen LogP contribution in [0.4, 0.5) is 0 Å². The van der Waals surface area contributed by atoms with Gasteiger partial charge in [0.25, 0.3) is 0 Å². The van der Waals surface area contributed by atoms with Crippen molar-refractivity contribution in [1.29, 1.82) is 0 Å². The molecule has 0 aliphatic rings. The third-order valence-electron chi connectivity index (χ3n) is 2.80. The first-order valence-corrected chi connectivity index (χ1v) is 6.08. The van der Waals surface area contributed by atoms with Gasteiger partial charge in [-0.3, -0.25) is 0 Å². The Bertz CT molecular complexity index is 481. The van der Waals surface area contributed by atoms with Gasteiger partial charge in [-0.1, -0.05) is 23.4 Å². The number of aromatic nitrogens is 3. The highest BCUT2D eigenvalue weighted by Crippen LogP contribution is 2.09. The fourth-order valence-corrected chi connectivity index (χ4v) is 1.72. The Morgan fingerprint density at radius 3 is 2.72 bits per heavy atom. The smallest absolute Gasteiger partial charge is 0.119 e. The average Bonchev–Trinajstić information content (AvgIpc) is 2.77. The van der Waals surface area contributed by atoms with E-state index in [1.807, 2.05) is 41.9 Å². The highest BCUT2D eigenvalue weighted by molar-refractivity contribution is 5.20. The standard InChI is InChI=1S/C13H18N4O/c1-11-13(10-14)15-16-17(11)8-5-9-18-12-6-3-2-4-7-12/h2-4,6-7H,5,8-10,14H2,1H3. The molecule has 18 heavy (non-hydrogen) atoms. The monoisotopic (exact) mass is 246 g/mol. The van der Waals surface area contributed by atoms with Crippen molar-refractivity contribution >= 4 is 0 Å². The molecule has 0 aliphatic heterocycles. The zero-order valence-corrected chi connectivity index (χ0v) is 10.5. The molecule has 0 radical (unpaired) electrons. The predicted octanol–water partition coefficient (Wildman–Crippen LogP) is 1.51. The molecule has 0 bridgehead atoms. The Labute approximate surface area is 107 Å². The molecular weight excluding hydrogens is 228 g/mol. The molecule has 0 aliphatic carbocycles. The van der Waals surface area contributed by atoms with Gasteiger partial charge < -0.3 is 10.5 Å². The van der Waals surface area contributed by atoms with E-state index in [9.17, 15) is 0 Å². The summed E-state index contributed by atoms with van der Waals surface area (Å²) in [6.45, 7) is 3.89. The van der Waals surface area contributed by atoms with Crippen LogP contribution in [0.15, 0.2) is 30.3 Å². The van der Waals surface area contributed by atoms with Crippen LogP contribution in [0.1, 0.15) is 17.8 Å². The second-order valence-electron chi connectivity index (χ2n) is 4.06. The fraction of sp³-hybridized carbons (Fsp3) is 0.385. The van der Waals surface area contributed by atoms with Crippen LogP contribution >= 0.6 is 0 Å². The Morgan fingerprint density at radius 1 is 1.28 bits per heavy atom. The molecule has 0 fully saturated rings. The van der Waals surface area contributed by atoms with Crippen LogP contribution in [-0.4, -0.2) is 21.6 Å². The van der Waals surface area contributed by atoms with Crippen LogP contribution < -0.4 is 10.5 Å². The van der Waals surface area contributed by atoms with Gasteiger partial charge in [0.1, 0.15) is 5.75 Å². The Hall–Kier alpha value is -1.88. The number of rotatable bonds is 6. The molecule has 5 nitrogen and oxygen atoms in total. The summed E-state index contributed by atoms with van der Waals surface area (Å²) < 4.78 is 7.49. The summed E-state index contributed by atoms with van der Waals surface area (Å²) in [6.07, 6.45) is 0.892. The molecule has 0 atom stereocenters. The molecule has 0 saturated carbocycles. The highest BCUT2D eigenvalue weighted by atomic mass is 16.5. The van der Waals surface area contributed by atoms with E-state index in [2.05, 4.69) is 10.3 Å². The van der Waals surface area contributed by atoms with Gasteiger partial charge in [0.05, 0.1) is 18.0 Å². The van der Waals surface area contributed by atoms with E-state index in [4.69, 9.17) is 10.5 Å². The Morgan fingerprint density at radius 2 is 2.06 bits per heavy atom. The third kappa shape index (κ3) is 3.07. The molecule has 1 heterocycles. The molecule has 0 unspecified atom stereocenters. The molecule has 0 spiro atoms. The van der Waals surface area contributed by atoms with Crippen LogP contribution in [0.2, 0.25) is 0 Å². The lowest BCUT2D eigenvalue weighted by atomic mass is 10.3. The van der Waals surface area contributed by atoms with Crippen molar-refractivity contribution in [2.75, 3.05) is 6.61 Å². The van der Waals surface area contributed by atoms with Crippen LogP contribution in [-0.2, 0) is 13.1 Å². The summed E-state index contributed by atoms with van der Waals surface area (Å²) in [4.78, 5) is 0. The lowest BCUT2D eigenvalue weighted by Crippen LogP contribution is -2.08. The van der Waals surface area contributed by atoms with Gasteiger partial charge in [0, 0.05) is 19.5 Å². The second-order valence-corrected chi connectivity index (χ2v) is 4.06. The summed E-state index contributed by atoms with van der Waals surface area (Å²) in [6, 6.07) is 9.80. The summed E-state index contributed by atoms with van der Waals surface area (Å²) in [7, 11) is 0. The van der Waals surface area contributed by atoms with E-state index in [-0.39, 0.29) is 0 Å². The molecule has 0 amide bonds. The second kappa shape index (κ2) is 6.16. The van der Waals surface area contributed by atoms with Gasteiger partial charge in [-0.15, -0.1) is 5.10 Å². The number of hydrogen-bond acceptors (Lipinski definition) is 4. The first-order chi connectivity index (χ1) is 8.81. The number of aryl methyl sites for hydroxylation is 1. The molecule has 2 N–H and O–H groups in total. The number of nitrogens with zero attached hydrogens (tertiary/aromatic N) is 3. The van der Waals surface area contributed by atoms with E-state index < -0.39 is 0 Å².